The molecule has 0 bridgehead atoms. The van der Waals surface area contributed by atoms with Crippen molar-refractivity contribution in [3.8, 4) is 0 Å². The maximum absolute atomic E-state index is 11.6. The number of nitrogens with one attached hydrogen (secondary N) is 1. The molecular formula is C12H19N3O. The van der Waals surface area contributed by atoms with Gasteiger partial charge in [0, 0.05) is 24.9 Å². The van der Waals surface area contributed by atoms with Crippen LogP contribution in [-0.4, -0.2) is 21.2 Å². The minimum absolute atomic E-state index is 0.0759. The molecule has 0 spiro atoms. The van der Waals surface area contributed by atoms with Crippen molar-refractivity contribution in [1.29, 1.82) is 0 Å². The molecule has 0 aliphatic carbocycles. The van der Waals surface area contributed by atoms with Crippen LogP contribution >= 0.6 is 0 Å². The fourth-order valence-electron chi connectivity index (χ4n) is 1.17. The Morgan fingerprint density at radius 3 is 2.81 bits per heavy atom. The highest BCUT2D eigenvalue weighted by molar-refractivity contribution is 5.91. The SMILES string of the molecule is CCC(C)(C)NC(=O)C=Cc1ccnn1C. The Bertz CT molecular complexity index is 391. The van der Waals surface area contributed by atoms with Gasteiger partial charge >= 0.3 is 0 Å². The van der Waals surface area contributed by atoms with Gasteiger partial charge in [-0.1, -0.05) is 6.92 Å². The number of nitrogens with zero attached hydrogens (tertiary/aromatic N) is 2. The zero-order valence-corrected chi connectivity index (χ0v) is 10.3. The summed E-state index contributed by atoms with van der Waals surface area (Å²) in [7, 11) is 1.84. The average Bonchev–Trinajstić information content (AvgIpc) is 2.60. The van der Waals surface area contributed by atoms with E-state index in [1.165, 1.54) is 6.08 Å². The van der Waals surface area contributed by atoms with E-state index in [1.54, 1.807) is 17.0 Å². The minimum Gasteiger partial charge on any atom is -0.348 e. The maximum Gasteiger partial charge on any atom is 0.244 e. The second kappa shape index (κ2) is 4.96. The second-order valence-electron chi connectivity index (χ2n) is 4.44. The zero-order valence-electron chi connectivity index (χ0n) is 10.3. The summed E-state index contributed by atoms with van der Waals surface area (Å²) in [4.78, 5) is 11.6. The number of rotatable bonds is 4. The van der Waals surface area contributed by atoms with Crippen LogP contribution in [0, 0.1) is 0 Å². The van der Waals surface area contributed by atoms with Gasteiger partial charge in [0.15, 0.2) is 0 Å². The Morgan fingerprint density at radius 2 is 2.31 bits per heavy atom. The Labute approximate surface area is 96.3 Å². The van der Waals surface area contributed by atoms with Crippen molar-refractivity contribution >= 4 is 12.0 Å². The third kappa shape index (κ3) is 3.53. The number of aryl methyl sites for hydroxylation is 1. The average molecular weight is 221 g/mol. The van der Waals surface area contributed by atoms with Crippen LogP contribution in [0.2, 0.25) is 0 Å². The molecule has 16 heavy (non-hydrogen) atoms. The van der Waals surface area contributed by atoms with E-state index < -0.39 is 0 Å². The van der Waals surface area contributed by atoms with Gasteiger partial charge < -0.3 is 5.32 Å². The molecule has 4 heteroatoms. The summed E-state index contributed by atoms with van der Waals surface area (Å²) in [6, 6.07) is 1.86. The molecule has 1 rings (SSSR count). The molecular weight excluding hydrogens is 202 g/mol. The van der Waals surface area contributed by atoms with Gasteiger partial charge in [-0.15, -0.1) is 0 Å². The van der Waals surface area contributed by atoms with Crippen molar-refractivity contribution < 1.29 is 4.79 Å². The molecule has 0 radical (unpaired) electrons. The van der Waals surface area contributed by atoms with Crippen molar-refractivity contribution in [3.05, 3.63) is 24.0 Å². The summed E-state index contributed by atoms with van der Waals surface area (Å²) in [6.07, 6.45) is 5.90. The molecule has 0 aliphatic heterocycles. The summed E-state index contributed by atoms with van der Waals surface area (Å²) >= 11 is 0. The Kier molecular flexibility index (Phi) is 3.88. The lowest BCUT2D eigenvalue weighted by Crippen LogP contribution is -2.41. The molecule has 0 atom stereocenters. The highest BCUT2D eigenvalue weighted by atomic mass is 16.1. The first-order valence-corrected chi connectivity index (χ1v) is 5.43. The van der Waals surface area contributed by atoms with Crippen LogP contribution in [0.1, 0.15) is 32.9 Å². The van der Waals surface area contributed by atoms with Crippen molar-refractivity contribution in [1.82, 2.24) is 15.1 Å². The standard InChI is InChI=1S/C12H19N3O/c1-5-12(2,3)14-11(16)7-6-10-8-9-13-15(10)4/h6-9H,5H2,1-4H3,(H,14,16). The number of hydrogen-bond acceptors (Lipinski definition) is 2. The number of amides is 1. The normalized spacial score (nSPS) is 12.0. The van der Waals surface area contributed by atoms with Crippen molar-refractivity contribution in [2.24, 2.45) is 7.05 Å². The molecule has 4 nitrogen and oxygen atoms in total. The van der Waals surface area contributed by atoms with E-state index in [4.69, 9.17) is 0 Å². The van der Waals surface area contributed by atoms with Gasteiger partial charge in [-0.25, -0.2) is 0 Å². The molecule has 0 aromatic carbocycles. The van der Waals surface area contributed by atoms with E-state index in [0.29, 0.717) is 0 Å². The molecule has 0 saturated heterocycles. The van der Waals surface area contributed by atoms with Crippen LogP contribution in [0.4, 0.5) is 0 Å². The lowest BCUT2D eigenvalue weighted by molar-refractivity contribution is -0.117. The Balaban J connectivity index is 2.59. The lowest BCUT2D eigenvalue weighted by Gasteiger charge is -2.23. The third-order valence-electron chi connectivity index (χ3n) is 2.61. The summed E-state index contributed by atoms with van der Waals surface area (Å²) in [5.41, 5.74) is 0.748. The Morgan fingerprint density at radius 1 is 1.62 bits per heavy atom. The van der Waals surface area contributed by atoms with E-state index >= 15 is 0 Å². The molecule has 1 N–H and O–H groups in total. The molecule has 0 saturated carbocycles. The number of hydrogen-bond donors (Lipinski definition) is 1. The van der Waals surface area contributed by atoms with Crippen molar-refractivity contribution in [2.45, 2.75) is 32.7 Å². The van der Waals surface area contributed by atoms with E-state index in [1.807, 2.05) is 33.9 Å². The molecule has 1 aromatic heterocycles. The summed E-state index contributed by atoms with van der Waals surface area (Å²) < 4.78 is 1.72. The molecule has 1 aromatic rings. The summed E-state index contributed by atoms with van der Waals surface area (Å²) in [5, 5.41) is 6.95. The quantitative estimate of drug-likeness (QED) is 0.787. The molecule has 1 heterocycles. The number of aromatic nitrogens is 2. The first-order valence-electron chi connectivity index (χ1n) is 5.43. The van der Waals surface area contributed by atoms with Crippen LogP contribution in [-0.2, 0) is 11.8 Å². The topological polar surface area (TPSA) is 46.9 Å². The van der Waals surface area contributed by atoms with Gasteiger partial charge in [0.05, 0.1) is 5.69 Å². The maximum atomic E-state index is 11.6. The predicted molar refractivity (Wildman–Crippen MR) is 64.8 cm³/mol. The Hall–Kier alpha value is -1.58. The van der Waals surface area contributed by atoms with Crippen molar-refractivity contribution in [3.63, 3.8) is 0 Å². The van der Waals surface area contributed by atoms with Crippen LogP contribution in [0.5, 0.6) is 0 Å². The van der Waals surface area contributed by atoms with E-state index in [0.717, 1.165) is 12.1 Å². The lowest BCUT2D eigenvalue weighted by atomic mass is 10.0. The van der Waals surface area contributed by atoms with Crippen LogP contribution in [0.25, 0.3) is 6.08 Å². The largest absolute Gasteiger partial charge is 0.348 e. The first-order chi connectivity index (χ1) is 7.44. The van der Waals surface area contributed by atoms with Gasteiger partial charge in [0.25, 0.3) is 0 Å². The highest BCUT2D eigenvalue weighted by Crippen LogP contribution is 2.07. The fraction of sp³-hybridized carbons (Fsp3) is 0.500. The van der Waals surface area contributed by atoms with Crippen LogP contribution < -0.4 is 5.32 Å². The first kappa shape index (κ1) is 12.5. The van der Waals surface area contributed by atoms with E-state index in [2.05, 4.69) is 10.4 Å². The summed E-state index contributed by atoms with van der Waals surface area (Å²) in [5.74, 6) is -0.0759. The van der Waals surface area contributed by atoms with Gasteiger partial charge in [0.2, 0.25) is 5.91 Å². The van der Waals surface area contributed by atoms with E-state index in [9.17, 15) is 4.79 Å². The van der Waals surface area contributed by atoms with Crippen molar-refractivity contribution in [2.75, 3.05) is 0 Å². The third-order valence-corrected chi connectivity index (χ3v) is 2.61. The highest BCUT2D eigenvalue weighted by Gasteiger charge is 2.15. The molecule has 0 unspecified atom stereocenters. The summed E-state index contributed by atoms with van der Waals surface area (Å²) in [6.45, 7) is 6.05. The fourth-order valence-corrected chi connectivity index (χ4v) is 1.17. The van der Waals surface area contributed by atoms with Crippen LogP contribution in [0.15, 0.2) is 18.3 Å². The van der Waals surface area contributed by atoms with Gasteiger partial charge in [-0.3, -0.25) is 9.48 Å². The van der Waals surface area contributed by atoms with Gasteiger partial charge in [0.1, 0.15) is 0 Å². The monoisotopic (exact) mass is 221 g/mol. The predicted octanol–water partition coefficient (Wildman–Crippen LogP) is 1.74. The number of carbonyl (C=O) groups excluding carboxylic acids is 1. The number of carbonyl (C=O) groups is 1. The van der Waals surface area contributed by atoms with Crippen LogP contribution in [0.3, 0.4) is 0 Å². The molecule has 1 amide bonds. The molecule has 0 fully saturated rings. The molecule has 88 valence electrons. The van der Waals surface area contributed by atoms with E-state index in [-0.39, 0.29) is 11.4 Å². The molecule has 0 aliphatic rings. The van der Waals surface area contributed by atoms with Gasteiger partial charge in [-0.05, 0) is 32.4 Å². The zero-order chi connectivity index (χ0) is 12.2. The smallest absolute Gasteiger partial charge is 0.244 e. The van der Waals surface area contributed by atoms with Gasteiger partial charge in [-0.2, -0.15) is 5.10 Å². The minimum atomic E-state index is -0.159. The second-order valence-corrected chi connectivity index (χ2v) is 4.44.